The number of carbonyl (C=O) groups is 2. The van der Waals surface area contributed by atoms with Gasteiger partial charge in [0, 0.05) is 25.3 Å². The molecule has 124 valence electrons. The second-order valence-electron chi connectivity index (χ2n) is 6.42. The standard InChI is InChI=1S/C17H19N5O2/c1-12-18-9-14(22(12)13-5-3-2-4-6-13)10-21-8-7-17(11-21)15(23)19-16(24)20-17/h2-6,9H,7-8,10-11H2,1H3,(H2,19,20,23,24). The van der Waals surface area contributed by atoms with Crippen molar-refractivity contribution in [2.45, 2.75) is 25.4 Å². The predicted molar refractivity (Wildman–Crippen MR) is 87.6 cm³/mol. The Morgan fingerprint density at radius 3 is 2.75 bits per heavy atom. The molecule has 3 amide bonds. The van der Waals surface area contributed by atoms with Crippen LogP contribution in [-0.4, -0.2) is 45.0 Å². The van der Waals surface area contributed by atoms with Gasteiger partial charge in [-0.15, -0.1) is 0 Å². The number of hydrogen-bond acceptors (Lipinski definition) is 4. The molecular weight excluding hydrogens is 306 g/mol. The smallest absolute Gasteiger partial charge is 0.322 e. The van der Waals surface area contributed by atoms with Gasteiger partial charge in [-0.25, -0.2) is 9.78 Å². The summed E-state index contributed by atoms with van der Waals surface area (Å²) < 4.78 is 2.12. The predicted octanol–water partition coefficient (Wildman–Crippen LogP) is 0.965. The quantitative estimate of drug-likeness (QED) is 0.824. The molecule has 1 spiro atoms. The zero-order valence-electron chi connectivity index (χ0n) is 13.5. The maximum atomic E-state index is 12.1. The molecule has 2 N–H and O–H groups in total. The summed E-state index contributed by atoms with van der Waals surface area (Å²) in [5.74, 6) is 0.708. The average Bonchev–Trinajstić information content (AvgIpc) is 3.21. The van der Waals surface area contributed by atoms with E-state index in [2.05, 4.69) is 25.1 Å². The van der Waals surface area contributed by atoms with E-state index in [1.807, 2.05) is 43.5 Å². The van der Waals surface area contributed by atoms with E-state index >= 15 is 0 Å². The van der Waals surface area contributed by atoms with Gasteiger partial charge >= 0.3 is 6.03 Å². The molecule has 0 saturated carbocycles. The fourth-order valence-electron chi connectivity index (χ4n) is 3.60. The van der Waals surface area contributed by atoms with Crippen molar-refractivity contribution in [1.29, 1.82) is 0 Å². The summed E-state index contributed by atoms with van der Waals surface area (Å²) in [6.45, 7) is 3.93. The lowest BCUT2D eigenvalue weighted by molar-refractivity contribution is -0.123. The average molecular weight is 325 g/mol. The Morgan fingerprint density at radius 2 is 2.04 bits per heavy atom. The molecule has 2 aromatic rings. The van der Waals surface area contributed by atoms with Gasteiger partial charge in [-0.2, -0.15) is 0 Å². The third-order valence-corrected chi connectivity index (χ3v) is 4.77. The molecule has 0 aliphatic carbocycles. The van der Waals surface area contributed by atoms with Gasteiger partial charge in [0.05, 0.1) is 11.9 Å². The Labute approximate surface area is 139 Å². The van der Waals surface area contributed by atoms with Gasteiger partial charge in [0.25, 0.3) is 5.91 Å². The molecule has 1 aromatic heterocycles. The normalized spacial score (nSPS) is 23.7. The number of aromatic nitrogens is 2. The molecule has 1 unspecified atom stereocenters. The number of urea groups is 1. The van der Waals surface area contributed by atoms with Crippen LogP contribution in [0.15, 0.2) is 36.5 Å². The highest BCUT2D eigenvalue weighted by Crippen LogP contribution is 2.26. The maximum Gasteiger partial charge on any atom is 0.322 e. The van der Waals surface area contributed by atoms with Crippen LogP contribution in [0.3, 0.4) is 0 Å². The van der Waals surface area contributed by atoms with E-state index in [1.165, 1.54) is 0 Å². The van der Waals surface area contributed by atoms with E-state index < -0.39 is 11.6 Å². The molecule has 3 heterocycles. The molecule has 7 heteroatoms. The minimum Gasteiger partial charge on any atom is -0.322 e. The van der Waals surface area contributed by atoms with Crippen LogP contribution in [0.2, 0.25) is 0 Å². The molecule has 0 radical (unpaired) electrons. The Bertz CT molecular complexity index is 801. The largest absolute Gasteiger partial charge is 0.322 e. The maximum absolute atomic E-state index is 12.1. The summed E-state index contributed by atoms with van der Waals surface area (Å²) in [4.78, 5) is 30.1. The van der Waals surface area contributed by atoms with Crippen molar-refractivity contribution in [2.24, 2.45) is 0 Å². The fraction of sp³-hybridized carbons (Fsp3) is 0.353. The molecular formula is C17H19N5O2. The van der Waals surface area contributed by atoms with Crippen molar-refractivity contribution in [2.75, 3.05) is 13.1 Å². The summed E-state index contributed by atoms with van der Waals surface area (Å²) in [5, 5.41) is 5.12. The van der Waals surface area contributed by atoms with E-state index in [-0.39, 0.29) is 5.91 Å². The van der Waals surface area contributed by atoms with Crippen molar-refractivity contribution >= 4 is 11.9 Å². The Kier molecular flexibility index (Phi) is 3.38. The van der Waals surface area contributed by atoms with Crippen LogP contribution in [-0.2, 0) is 11.3 Å². The number of amides is 3. The van der Waals surface area contributed by atoms with E-state index in [0.717, 1.165) is 23.8 Å². The topological polar surface area (TPSA) is 79.3 Å². The van der Waals surface area contributed by atoms with E-state index in [1.54, 1.807) is 0 Å². The van der Waals surface area contributed by atoms with Crippen molar-refractivity contribution in [3.05, 3.63) is 48.0 Å². The van der Waals surface area contributed by atoms with Crippen LogP contribution in [0.1, 0.15) is 17.9 Å². The number of aryl methyl sites for hydroxylation is 1. The highest BCUT2D eigenvalue weighted by atomic mass is 16.2. The molecule has 4 rings (SSSR count). The summed E-state index contributed by atoms with van der Waals surface area (Å²) in [6.07, 6.45) is 2.50. The summed E-state index contributed by atoms with van der Waals surface area (Å²) in [7, 11) is 0. The highest BCUT2D eigenvalue weighted by molar-refractivity contribution is 6.07. The van der Waals surface area contributed by atoms with Gasteiger partial charge in [0.2, 0.25) is 0 Å². The van der Waals surface area contributed by atoms with Gasteiger partial charge in [0.1, 0.15) is 11.4 Å². The number of hydrogen-bond donors (Lipinski definition) is 2. The number of rotatable bonds is 3. The number of likely N-dealkylation sites (tertiary alicyclic amines) is 1. The van der Waals surface area contributed by atoms with Gasteiger partial charge in [-0.05, 0) is 25.5 Å². The third-order valence-electron chi connectivity index (χ3n) is 4.77. The van der Waals surface area contributed by atoms with Crippen LogP contribution >= 0.6 is 0 Å². The van der Waals surface area contributed by atoms with Crippen molar-refractivity contribution in [1.82, 2.24) is 25.1 Å². The molecule has 7 nitrogen and oxygen atoms in total. The van der Waals surface area contributed by atoms with Gasteiger partial charge in [0.15, 0.2) is 0 Å². The molecule has 2 saturated heterocycles. The first kappa shape index (κ1) is 14.9. The first-order valence-corrected chi connectivity index (χ1v) is 8.02. The zero-order valence-corrected chi connectivity index (χ0v) is 13.5. The zero-order chi connectivity index (χ0) is 16.7. The van der Waals surface area contributed by atoms with Crippen LogP contribution in [0.25, 0.3) is 5.69 Å². The Hall–Kier alpha value is -2.67. The molecule has 2 fully saturated rings. The molecule has 24 heavy (non-hydrogen) atoms. The SMILES string of the molecule is Cc1ncc(CN2CCC3(C2)NC(=O)NC3=O)n1-c1ccccc1. The van der Waals surface area contributed by atoms with E-state index in [4.69, 9.17) is 0 Å². The van der Waals surface area contributed by atoms with Crippen LogP contribution < -0.4 is 10.6 Å². The second-order valence-corrected chi connectivity index (χ2v) is 6.42. The van der Waals surface area contributed by atoms with Crippen LogP contribution in [0.4, 0.5) is 4.79 Å². The van der Waals surface area contributed by atoms with Crippen LogP contribution in [0, 0.1) is 6.92 Å². The highest BCUT2D eigenvalue weighted by Gasteiger charge is 2.50. The Morgan fingerprint density at radius 1 is 1.25 bits per heavy atom. The first-order chi connectivity index (χ1) is 11.6. The van der Waals surface area contributed by atoms with Gasteiger partial charge in [-0.3, -0.25) is 19.6 Å². The number of benzene rings is 1. The van der Waals surface area contributed by atoms with Gasteiger partial charge < -0.3 is 5.32 Å². The third kappa shape index (κ3) is 2.37. The number of nitrogens with one attached hydrogen (secondary N) is 2. The number of carbonyl (C=O) groups excluding carboxylic acids is 2. The molecule has 1 atom stereocenters. The number of nitrogens with zero attached hydrogens (tertiary/aromatic N) is 3. The summed E-state index contributed by atoms with van der Waals surface area (Å²) >= 11 is 0. The van der Waals surface area contributed by atoms with Crippen LogP contribution in [0.5, 0.6) is 0 Å². The Balaban J connectivity index is 1.56. The number of imidazole rings is 1. The minimum atomic E-state index is -0.774. The van der Waals surface area contributed by atoms with E-state index in [0.29, 0.717) is 19.5 Å². The lowest BCUT2D eigenvalue weighted by Gasteiger charge is -2.21. The van der Waals surface area contributed by atoms with Gasteiger partial charge in [-0.1, -0.05) is 18.2 Å². The minimum absolute atomic E-state index is 0.220. The van der Waals surface area contributed by atoms with E-state index in [9.17, 15) is 9.59 Å². The summed E-state index contributed by atoms with van der Waals surface area (Å²) in [6, 6.07) is 9.69. The monoisotopic (exact) mass is 325 g/mol. The van der Waals surface area contributed by atoms with Crippen molar-refractivity contribution < 1.29 is 9.59 Å². The fourth-order valence-corrected chi connectivity index (χ4v) is 3.60. The number of imide groups is 1. The van der Waals surface area contributed by atoms with Crippen molar-refractivity contribution in [3.63, 3.8) is 0 Å². The van der Waals surface area contributed by atoms with Crippen molar-refractivity contribution in [3.8, 4) is 5.69 Å². The summed E-state index contributed by atoms with van der Waals surface area (Å²) in [5.41, 5.74) is 1.37. The molecule has 2 aliphatic rings. The molecule has 2 aliphatic heterocycles. The lowest BCUT2D eigenvalue weighted by Crippen LogP contribution is -2.48. The lowest BCUT2D eigenvalue weighted by atomic mass is 10.00. The first-order valence-electron chi connectivity index (χ1n) is 8.02. The molecule has 0 bridgehead atoms. The molecule has 1 aromatic carbocycles. The number of para-hydroxylation sites is 1. The second kappa shape index (κ2) is 5.45.